The highest BCUT2D eigenvalue weighted by atomic mass is 79.9. The third kappa shape index (κ3) is 8.47. The van der Waals surface area contributed by atoms with E-state index in [1.54, 1.807) is 16.7 Å². The van der Waals surface area contributed by atoms with Crippen LogP contribution in [0.2, 0.25) is 0 Å². The molecule has 200 valence electrons. The van der Waals surface area contributed by atoms with Gasteiger partial charge in [-0.05, 0) is 55.5 Å². The van der Waals surface area contributed by atoms with Crippen LogP contribution >= 0.6 is 27.7 Å². The van der Waals surface area contributed by atoms with E-state index < -0.39 is 6.04 Å². The van der Waals surface area contributed by atoms with Crippen LogP contribution in [0.3, 0.4) is 0 Å². The summed E-state index contributed by atoms with van der Waals surface area (Å²) in [4.78, 5) is 29.4. The molecule has 2 amide bonds. The molecule has 3 aromatic carbocycles. The summed E-state index contributed by atoms with van der Waals surface area (Å²) in [6.07, 6.45) is 4.80. The number of hydrogen-bond acceptors (Lipinski definition) is 3. The maximum atomic E-state index is 13.8. The van der Waals surface area contributed by atoms with Gasteiger partial charge in [0.2, 0.25) is 11.8 Å². The average Bonchev–Trinajstić information content (AvgIpc) is 3.40. The number of nitrogens with one attached hydrogen (secondary N) is 1. The molecule has 0 aliphatic heterocycles. The first-order chi connectivity index (χ1) is 18.4. The van der Waals surface area contributed by atoms with E-state index in [9.17, 15) is 9.59 Å². The number of amides is 2. The van der Waals surface area contributed by atoms with Crippen molar-refractivity contribution in [1.82, 2.24) is 10.2 Å². The molecule has 38 heavy (non-hydrogen) atoms. The molecule has 0 spiro atoms. The first kappa shape index (κ1) is 28.4. The lowest BCUT2D eigenvalue weighted by molar-refractivity contribution is -0.139. The fourth-order valence-corrected chi connectivity index (χ4v) is 6.31. The number of rotatable bonds is 11. The standard InChI is InChI=1S/C32H37BrN2O2S/c1-23-16-24(2)18-27(17-23)21-38-22-31(36)35(20-26-12-14-28(33)15-13-26)30(19-25-8-4-3-5-9-25)32(37)34-29-10-6-7-11-29/h3-5,8-9,12-18,29-30H,6-7,10-11,19-22H2,1-2H3,(H,34,37)/t30-/m1/s1. The molecule has 0 unspecified atom stereocenters. The fourth-order valence-electron chi connectivity index (χ4n) is 5.20. The molecule has 1 atom stereocenters. The highest BCUT2D eigenvalue weighted by Crippen LogP contribution is 2.22. The van der Waals surface area contributed by atoms with Gasteiger partial charge in [-0.3, -0.25) is 9.59 Å². The molecule has 0 bridgehead atoms. The van der Waals surface area contributed by atoms with Crippen molar-refractivity contribution >= 4 is 39.5 Å². The Morgan fingerprint density at radius 1 is 0.921 bits per heavy atom. The van der Waals surface area contributed by atoms with E-state index in [0.29, 0.717) is 18.7 Å². The van der Waals surface area contributed by atoms with Crippen molar-refractivity contribution in [3.63, 3.8) is 0 Å². The normalized spacial score (nSPS) is 14.3. The topological polar surface area (TPSA) is 49.4 Å². The van der Waals surface area contributed by atoms with Gasteiger partial charge in [-0.25, -0.2) is 0 Å². The van der Waals surface area contributed by atoms with E-state index in [0.717, 1.165) is 47.0 Å². The van der Waals surface area contributed by atoms with Crippen molar-refractivity contribution < 1.29 is 9.59 Å². The van der Waals surface area contributed by atoms with Gasteiger partial charge in [0.15, 0.2) is 0 Å². The zero-order valence-corrected chi connectivity index (χ0v) is 24.7. The molecule has 1 aliphatic carbocycles. The van der Waals surface area contributed by atoms with E-state index in [1.807, 2.05) is 54.6 Å². The average molecular weight is 594 g/mol. The Kier molecular flexibility index (Phi) is 10.5. The largest absolute Gasteiger partial charge is 0.352 e. The Morgan fingerprint density at radius 3 is 2.24 bits per heavy atom. The fraction of sp³-hybridized carbons (Fsp3) is 0.375. The van der Waals surface area contributed by atoms with Crippen molar-refractivity contribution in [2.75, 3.05) is 5.75 Å². The van der Waals surface area contributed by atoms with E-state index in [-0.39, 0.29) is 17.9 Å². The van der Waals surface area contributed by atoms with Gasteiger partial charge in [0, 0.05) is 29.2 Å². The lowest BCUT2D eigenvalue weighted by Gasteiger charge is -2.32. The first-order valence-corrected chi connectivity index (χ1v) is 15.4. The van der Waals surface area contributed by atoms with Crippen LogP contribution in [0.25, 0.3) is 0 Å². The summed E-state index contributed by atoms with van der Waals surface area (Å²) in [7, 11) is 0. The lowest BCUT2D eigenvalue weighted by atomic mass is 10.0. The molecule has 0 aromatic heterocycles. The first-order valence-electron chi connectivity index (χ1n) is 13.4. The summed E-state index contributed by atoms with van der Waals surface area (Å²) < 4.78 is 0.989. The summed E-state index contributed by atoms with van der Waals surface area (Å²) in [5.41, 5.74) is 5.74. The van der Waals surface area contributed by atoms with E-state index in [4.69, 9.17) is 0 Å². The predicted molar refractivity (Wildman–Crippen MR) is 161 cm³/mol. The molecule has 0 radical (unpaired) electrons. The van der Waals surface area contributed by atoms with E-state index in [2.05, 4.69) is 53.3 Å². The van der Waals surface area contributed by atoms with Crippen LogP contribution in [0.1, 0.15) is 53.5 Å². The second-order valence-electron chi connectivity index (χ2n) is 10.3. The molecular formula is C32H37BrN2O2S. The second-order valence-corrected chi connectivity index (χ2v) is 12.2. The van der Waals surface area contributed by atoms with Gasteiger partial charge >= 0.3 is 0 Å². The summed E-state index contributed by atoms with van der Waals surface area (Å²) in [5, 5.41) is 3.28. The maximum Gasteiger partial charge on any atom is 0.243 e. The highest BCUT2D eigenvalue weighted by Gasteiger charge is 2.32. The van der Waals surface area contributed by atoms with Crippen molar-refractivity contribution in [1.29, 1.82) is 0 Å². The van der Waals surface area contributed by atoms with Crippen LogP contribution < -0.4 is 5.32 Å². The number of carbonyl (C=O) groups is 2. The molecule has 0 saturated heterocycles. The molecule has 1 fully saturated rings. The lowest BCUT2D eigenvalue weighted by Crippen LogP contribution is -2.52. The number of benzene rings is 3. The number of hydrogen-bond donors (Lipinski definition) is 1. The quantitative estimate of drug-likeness (QED) is 0.261. The van der Waals surface area contributed by atoms with Crippen LogP contribution in [0.15, 0.2) is 77.3 Å². The Hall–Kier alpha value is -2.57. The van der Waals surface area contributed by atoms with E-state index in [1.165, 1.54) is 16.7 Å². The predicted octanol–water partition coefficient (Wildman–Crippen LogP) is 7.00. The number of carbonyl (C=O) groups excluding carboxylic acids is 2. The van der Waals surface area contributed by atoms with E-state index >= 15 is 0 Å². The number of halogens is 1. The molecule has 4 nitrogen and oxygen atoms in total. The van der Waals surface area contributed by atoms with Crippen molar-refractivity contribution in [3.05, 3.63) is 105 Å². The van der Waals surface area contributed by atoms with Gasteiger partial charge in [-0.15, -0.1) is 11.8 Å². The number of aryl methyl sites for hydroxylation is 2. The maximum absolute atomic E-state index is 13.8. The Morgan fingerprint density at radius 2 is 1.58 bits per heavy atom. The monoisotopic (exact) mass is 592 g/mol. The van der Waals surface area contributed by atoms with Crippen LogP contribution in [-0.2, 0) is 28.3 Å². The molecule has 3 aromatic rings. The van der Waals surface area contributed by atoms with Gasteiger partial charge in [0.05, 0.1) is 5.75 Å². The van der Waals surface area contributed by atoms with Gasteiger partial charge in [-0.1, -0.05) is 101 Å². The van der Waals surface area contributed by atoms with Crippen LogP contribution in [0.4, 0.5) is 0 Å². The second kappa shape index (κ2) is 14.0. The van der Waals surface area contributed by atoms with Crippen LogP contribution in [-0.4, -0.2) is 34.6 Å². The minimum absolute atomic E-state index is 0.00945. The molecule has 1 N–H and O–H groups in total. The summed E-state index contributed by atoms with van der Waals surface area (Å²) in [5.74, 6) is 1.03. The zero-order chi connectivity index (χ0) is 26.9. The van der Waals surface area contributed by atoms with Crippen LogP contribution in [0.5, 0.6) is 0 Å². The Bertz CT molecular complexity index is 1190. The molecular weight excluding hydrogens is 556 g/mol. The summed E-state index contributed by atoms with van der Waals surface area (Å²) in [6.45, 7) is 4.60. The molecule has 4 rings (SSSR count). The minimum Gasteiger partial charge on any atom is -0.352 e. The Labute approximate surface area is 239 Å². The molecule has 0 heterocycles. The van der Waals surface area contributed by atoms with Crippen molar-refractivity contribution in [2.45, 2.75) is 70.3 Å². The smallest absolute Gasteiger partial charge is 0.243 e. The molecule has 6 heteroatoms. The summed E-state index contributed by atoms with van der Waals surface area (Å²) >= 11 is 5.12. The third-order valence-corrected chi connectivity index (χ3v) is 8.53. The number of nitrogens with zero attached hydrogens (tertiary/aromatic N) is 1. The number of thioether (sulfide) groups is 1. The Balaban J connectivity index is 1.56. The van der Waals surface area contributed by atoms with Gasteiger partial charge in [0.25, 0.3) is 0 Å². The van der Waals surface area contributed by atoms with Crippen molar-refractivity contribution in [3.8, 4) is 0 Å². The SMILES string of the molecule is Cc1cc(C)cc(CSCC(=O)N(Cc2ccc(Br)cc2)[C@H](Cc2ccccc2)C(=O)NC2CCCC2)c1. The molecule has 1 aliphatic rings. The van der Waals surface area contributed by atoms with Gasteiger partial charge in [-0.2, -0.15) is 0 Å². The van der Waals surface area contributed by atoms with Gasteiger partial charge in [0.1, 0.15) is 6.04 Å². The third-order valence-electron chi connectivity index (χ3n) is 7.01. The van der Waals surface area contributed by atoms with Crippen LogP contribution in [0, 0.1) is 13.8 Å². The van der Waals surface area contributed by atoms with Gasteiger partial charge < -0.3 is 10.2 Å². The van der Waals surface area contributed by atoms with Crippen molar-refractivity contribution in [2.24, 2.45) is 0 Å². The zero-order valence-electron chi connectivity index (χ0n) is 22.3. The highest BCUT2D eigenvalue weighted by molar-refractivity contribution is 9.10. The minimum atomic E-state index is -0.573. The summed E-state index contributed by atoms with van der Waals surface area (Å²) in [6, 6.07) is 24.2. The molecule has 1 saturated carbocycles.